The minimum absolute atomic E-state index is 0.0850. The highest BCUT2D eigenvalue weighted by molar-refractivity contribution is 6.07. The second-order valence-corrected chi connectivity index (χ2v) is 3.27. The third kappa shape index (κ3) is 2.38. The molecule has 1 aromatic rings. The maximum absolute atomic E-state index is 11.7. The van der Waals surface area contributed by atoms with Gasteiger partial charge in [-0.3, -0.25) is 4.79 Å². The number of hydrogen-bond donors (Lipinski definition) is 0. The van der Waals surface area contributed by atoms with E-state index in [1.165, 1.54) is 34.3 Å². The lowest BCUT2D eigenvalue weighted by Crippen LogP contribution is -2.11. The molecule has 0 N–H and O–H groups in total. The average molecular weight is 238 g/mol. The van der Waals surface area contributed by atoms with E-state index in [4.69, 9.17) is 9.47 Å². The van der Waals surface area contributed by atoms with E-state index in [0.717, 1.165) is 0 Å². The number of rotatable bonds is 4. The van der Waals surface area contributed by atoms with Crippen LogP contribution in [0.5, 0.6) is 11.5 Å². The summed E-state index contributed by atoms with van der Waals surface area (Å²) in [4.78, 5) is 23.1. The fourth-order valence-electron chi connectivity index (χ4n) is 1.53. The molecule has 0 fully saturated rings. The number of carbonyl (C=O) groups excluding carboxylic acids is 2. The van der Waals surface area contributed by atoms with E-state index in [0.29, 0.717) is 5.75 Å². The van der Waals surface area contributed by atoms with Crippen LogP contribution in [0.25, 0.3) is 0 Å². The highest BCUT2D eigenvalue weighted by atomic mass is 16.5. The molecule has 0 aliphatic rings. The molecule has 5 nitrogen and oxygen atoms in total. The molecule has 92 valence electrons. The summed E-state index contributed by atoms with van der Waals surface area (Å²) in [6, 6.07) is 3.08. The molecule has 0 amide bonds. The molecule has 0 aromatic heterocycles. The zero-order valence-electron chi connectivity index (χ0n) is 10.2. The molecule has 1 rings (SSSR count). The number of ketones is 1. The Balaban J connectivity index is 3.55. The molecule has 0 bridgehead atoms. The van der Waals surface area contributed by atoms with E-state index in [9.17, 15) is 9.59 Å². The Morgan fingerprint density at radius 1 is 1.06 bits per heavy atom. The molecule has 17 heavy (non-hydrogen) atoms. The van der Waals surface area contributed by atoms with Crippen LogP contribution in [0.1, 0.15) is 27.6 Å². The predicted octanol–water partition coefficient (Wildman–Crippen LogP) is 1.69. The van der Waals surface area contributed by atoms with Gasteiger partial charge in [0.2, 0.25) is 0 Å². The van der Waals surface area contributed by atoms with Gasteiger partial charge in [-0.15, -0.1) is 0 Å². The van der Waals surface area contributed by atoms with Crippen molar-refractivity contribution < 1.29 is 23.8 Å². The Morgan fingerprint density at radius 2 is 1.71 bits per heavy atom. The maximum Gasteiger partial charge on any atom is 0.342 e. The van der Waals surface area contributed by atoms with Crippen molar-refractivity contribution in [3.05, 3.63) is 23.3 Å². The van der Waals surface area contributed by atoms with Gasteiger partial charge in [-0.2, -0.15) is 0 Å². The van der Waals surface area contributed by atoms with E-state index in [-0.39, 0.29) is 22.7 Å². The van der Waals surface area contributed by atoms with Gasteiger partial charge in [0, 0.05) is 5.56 Å². The Morgan fingerprint density at radius 3 is 2.12 bits per heavy atom. The Labute approximate surface area is 99.3 Å². The third-order valence-corrected chi connectivity index (χ3v) is 2.31. The van der Waals surface area contributed by atoms with Crippen molar-refractivity contribution in [1.29, 1.82) is 0 Å². The molecule has 0 saturated heterocycles. The van der Waals surface area contributed by atoms with Crippen LogP contribution in [0, 0.1) is 0 Å². The number of Topliss-reactive ketones (excluding diaryl/α,β-unsaturated/α-hetero) is 1. The Kier molecular flexibility index (Phi) is 4.09. The molecule has 0 aliphatic carbocycles. The molecule has 0 unspecified atom stereocenters. The highest BCUT2D eigenvalue weighted by Crippen LogP contribution is 2.34. The quantitative estimate of drug-likeness (QED) is 0.590. The number of hydrogen-bond acceptors (Lipinski definition) is 5. The summed E-state index contributed by atoms with van der Waals surface area (Å²) in [5, 5.41) is 0. The third-order valence-electron chi connectivity index (χ3n) is 2.31. The van der Waals surface area contributed by atoms with E-state index in [2.05, 4.69) is 4.74 Å². The molecule has 0 radical (unpaired) electrons. The van der Waals surface area contributed by atoms with Gasteiger partial charge < -0.3 is 14.2 Å². The summed E-state index contributed by atoms with van der Waals surface area (Å²) < 4.78 is 14.8. The van der Waals surface area contributed by atoms with E-state index >= 15 is 0 Å². The summed E-state index contributed by atoms with van der Waals surface area (Å²) >= 11 is 0. The fraction of sp³-hybridized carbons (Fsp3) is 0.333. The SMILES string of the molecule is COC(=O)c1c(C(C)=O)ccc(OC)c1OC. The largest absolute Gasteiger partial charge is 0.493 e. The molecule has 5 heteroatoms. The number of methoxy groups -OCH3 is 3. The predicted molar refractivity (Wildman–Crippen MR) is 60.9 cm³/mol. The van der Waals surface area contributed by atoms with Gasteiger partial charge in [0.1, 0.15) is 5.56 Å². The second-order valence-electron chi connectivity index (χ2n) is 3.27. The molecule has 0 aliphatic heterocycles. The molecule has 0 heterocycles. The first-order valence-corrected chi connectivity index (χ1v) is 4.91. The second kappa shape index (κ2) is 5.34. The van der Waals surface area contributed by atoms with Gasteiger partial charge in [-0.1, -0.05) is 0 Å². The van der Waals surface area contributed by atoms with E-state index in [1.807, 2.05) is 0 Å². The number of ether oxygens (including phenoxy) is 3. The maximum atomic E-state index is 11.7. The van der Waals surface area contributed by atoms with Crippen LogP contribution in [0.2, 0.25) is 0 Å². The van der Waals surface area contributed by atoms with Gasteiger partial charge in [0.05, 0.1) is 21.3 Å². The Hall–Kier alpha value is -2.04. The molecular formula is C12H14O5. The van der Waals surface area contributed by atoms with Gasteiger partial charge >= 0.3 is 5.97 Å². The Bertz CT molecular complexity index is 450. The van der Waals surface area contributed by atoms with Crippen molar-refractivity contribution in [1.82, 2.24) is 0 Å². The summed E-state index contributed by atoms with van der Waals surface area (Å²) in [6.07, 6.45) is 0. The van der Waals surface area contributed by atoms with Crippen molar-refractivity contribution in [2.45, 2.75) is 6.92 Å². The van der Waals surface area contributed by atoms with Crippen LogP contribution in [-0.4, -0.2) is 33.1 Å². The number of benzene rings is 1. The molecular weight excluding hydrogens is 224 g/mol. The first-order chi connectivity index (χ1) is 8.06. The lowest BCUT2D eigenvalue weighted by molar-refractivity contribution is 0.0592. The smallest absolute Gasteiger partial charge is 0.342 e. The highest BCUT2D eigenvalue weighted by Gasteiger charge is 2.23. The van der Waals surface area contributed by atoms with E-state index in [1.54, 1.807) is 6.07 Å². The van der Waals surface area contributed by atoms with Gasteiger partial charge in [-0.25, -0.2) is 4.79 Å². The molecule has 0 spiro atoms. The lowest BCUT2D eigenvalue weighted by Gasteiger charge is -2.13. The van der Waals surface area contributed by atoms with Crippen LogP contribution in [-0.2, 0) is 4.74 Å². The average Bonchev–Trinajstić information content (AvgIpc) is 2.35. The van der Waals surface area contributed by atoms with Crippen molar-refractivity contribution in [2.24, 2.45) is 0 Å². The number of esters is 1. The minimum Gasteiger partial charge on any atom is -0.493 e. The standard InChI is InChI=1S/C12H14O5/c1-7(13)8-5-6-9(15-2)11(16-3)10(8)12(14)17-4/h5-6H,1-4H3. The summed E-state index contributed by atoms with van der Waals surface area (Å²) in [5.41, 5.74) is 0.330. The van der Waals surface area contributed by atoms with Crippen LogP contribution in [0.3, 0.4) is 0 Å². The summed E-state index contributed by atoms with van der Waals surface area (Å²) in [5.74, 6) is -0.303. The van der Waals surface area contributed by atoms with Crippen LogP contribution in [0.4, 0.5) is 0 Å². The minimum atomic E-state index is -0.633. The molecule has 0 atom stereocenters. The van der Waals surface area contributed by atoms with Crippen LogP contribution >= 0.6 is 0 Å². The topological polar surface area (TPSA) is 61.8 Å². The summed E-state index contributed by atoms with van der Waals surface area (Å²) in [6.45, 7) is 1.37. The van der Waals surface area contributed by atoms with E-state index < -0.39 is 5.97 Å². The fourth-order valence-corrected chi connectivity index (χ4v) is 1.53. The monoisotopic (exact) mass is 238 g/mol. The first kappa shape index (κ1) is 13.0. The zero-order chi connectivity index (χ0) is 13.0. The van der Waals surface area contributed by atoms with Gasteiger partial charge in [0.25, 0.3) is 0 Å². The summed E-state index contributed by atoms with van der Waals surface area (Å²) in [7, 11) is 4.09. The van der Waals surface area contributed by atoms with Crippen molar-refractivity contribution in [3.8, 4) is 11.5 Å². The van der Waals surface area contributed by atoms with Crippen molar-refractivity contribution in [3.63, 3.8) is 0 Å². The van der Waals surface area contributed by atoms with Crippen LogP contribution < -0.4 is 9.47 Å². The van der Waals surface area contributed by atoms with Gasteiger partial charge in [-0.05, 0) is 19.1 Å². The van der Waals surface area contributed by atoms with Crippen LogP contribution in [0.15, 0.2) is 12.1 Å². The molecule has 0 saturated carbocycles. The van der Waals surface area contributed by atoms with Crippen molar-refractivity contribution in [2.75, 3.05) is 21.3 Å². The lowest BCUT2D eigenvalue weighted by atomic mass is 10.0. The normalized spacial score (nSPS) is 9.65. The zero-order valence-corrected chi connectivity index (χ0v) is 10.2. The molecule has 1 aromatic carbocycles. The number of carbonyl (C=O) groups is 2. The van der Waals surface area contributed by atoms with Gasteiger partial charge in [0.15, 0.2) is 17.3 Å². The first-order valence-electron chi connectivity index (χ1n) is 4.91. The van der Waals surface area contributed by atoms with Crippen molar-refractivity contribution >= 4 is 11.8 Å².